The molecule has 3 unspecified atom stereocenters. The van der Waals surface area contributed by atoms with Crippen LogP contribution in [0.1, 0.15) is 60.3 Å². The molecule has 2 heterocycles. The topological polar surface area (TPSA) is 24.5 Å². The van der Waals surface area contributed by atoms with Crippen molar-refractivity contribution in [2.24, 2.45) is 11.8 Å². The number of hydrogen-bond donors (Lipinski definition) is 1. The van der Waals surface area contributed by atoms with Gasteiger partial charge in [0.25, 0.3) is 0 Å². The van der Waals surface area contributed by atoms with Gasteiger partial charge in [-0.1, -0.05) is 13.8 Å². The van der Waals surface area contributed by atoms with Gasteiger partial charge in [-0.15, -0.1) is 0 Å². The van der Waals surface area contributed by atoms with E-state index in [0.717, 1.165) is 18.3 Å². The molecule has 0 aromatic carbocycles. The van der Waals surface area contributed by atoms with Crippen LogP contribution < -0.4 is 5.32 Å². The lowest BCUT2D eigenvalue weighted by atomic mass is 9.65. The second kappa shape index (κ2) is 5.94. The molecule has 3 heteroatoms. The van der Waals surface area contributed by atoms with Crippen LogP contribution in [0.15, 0.2) is 0 Å². The van der Waals surface area contributed by atoms with Gasteiger partial charge in [-0.25, -0.2) is 0 Å². The Labute approximate surface area is 125 Å². The van der Waals surface area contributed by atoms with Crippen molar-refractivity contribution in [1.29, 1.82) is 0 Å². The molecule has 0 radical (unpaired) electrons. The van der Waals surface area contributed by atoms with Crippen molar-refractivity contribution in [3.05, 3.63) is 0 Å². The van der Waals surface area contributed by atoms with E-state index in [4.69, 9.17) is 4.74 Å². The zero-order valence-electron chi connectivity index (χ0n) is 14.3. The fraction of sp³-hybridized carbons (Fsp3) is 1.00. The summed E-state index contributed by atoms with van der Waals surface area (Å²) in [5.74, 6) is 1.58. The fourth-order valence-electron chi connectivity index (χ4n) is 4.50. The van der Waals surface area contributed by atoms with E-state index in [2.05, 4.69) is 44.8 Å². The normalized spacial score (nSPS) is 34.8. The lowest BCUT2D eigenvalue weighted by Gasteiger charge is -2.56. The average Bonchev–Trinajstić information content (AvgIpc) is 2.44. The van der Waals surface area contributed by atoms with E-state index in [0.29, 0.717) is 5.54 Å². The molecule has 2 aliphatic rings. The van der Waals surface area contributed by atoms with Gasteiger partial charge in [0, 0.05) is 24.7 Å². The van der Waals surface area contributed by atoms with Crippen molar-refractivity contribution in [3.63, 3.8) is 0 Å². The quantitative estimate of drug-likeness (QED) is 0.860. The highest BCUT2D eigenvalue weighted by molar-refractivity contribution is 5.04. The van der Waals surface area contributed by atoms with Gasteiger partial charge in [-0.3, -0.25) is 10.2 Å². The lowest BCUT2D eigenvalue weighted by Crippen LogP contribution is -2.66. The first-order valence-corrected chi connectivity index (χ1v) is 8.42. The van der Waals surface area contributed by atoms with E-state index in [1.165, 1.54) is 32.4 Å². The summed E-state index contributed by atoms with van der Waals surface area (Å²) in [6, 6.07) is 0. The maximum absolute atomic E-state index is 5.69. The minimum Gasteiger partial charge on any atom is -0.367 e. The molecular weight excluding hydrogens is 248 g/mol. The van der Waals surface area contributed by atoms with Crippen LogP contribution in [0.2, 0.25) is 0 Å². The molecule has 0 bridgehead atoms. The van der Waals surface area contributed by atoms with Gasteiger partial charge in [-0.2, -0.15) is 0 Å². The monoisotopic (exact) mass is 282 g/mol. The van der Waals surface area contributed by atoms with Gasteiger partial charge in [0.15, 0.2) is 0 Å². The number of methoxy groups -OCH3 is 1. The van der Waals surface area contributed by atoms with Gasteiger partial charge >= 0.3 is 0 Å². The van der Waals surface area contributed by atoms with E-state index in [1.807, 2.05) is 7.11 Å². The minimum atomic E-state index is 0.232. The van der Waals surface area contributed by atoms with E-state index in [9.17, 15) is 0 Å². The number of likely N-dealkylation sites (tertiary alicyclic amines) is 1. The second-order valence-electron chi connectivity index (χ2n) is 7.74. The Morgan fingerprint density at radius 2 is 1.90 bits per heavy atom. The van der Waals surface area contributed by atoms with Gasteiger partial charge in [0.2, 0.25) is 0 Å². The summed E-state index contributed by atoms with van der Waals surface area (Å²) in [6.45, 7) is 14.2. The summed E-state index contributed by atoms with van der Waals surface area (Å²) >= 11 is 0. The predicted molar refractivity (Wildman–Crippen MR) is 84.8 cm³/mol. The molecule has 118 valence electrons. The number of ether oxygens (including phenoxy) is 1. The van der Waals surface area contributed by atoms with Crippen molar-refractivity contribution in [2.45, 2.75) is 77.6 Å². The number of fused-ring (bicyclic) bond motifs is 1. The van der Waals surface area contributed by atoms with Crippen LogP contribution in [-0.4, -0.2) is 42.4 Å². The fourth-order valence-corrected chi connectivity index (χ4v) is 4.50. The molecule has 0 amide bonds. The van der Waals surface area contributed by atoms with Crippen molar-refractivity contribution >= 4 is 0 Å². The zero-order valence-corrected chi connectivity index (χ0v) is 14.3. The molecule has 2 saturated heterocycles. The van der Waals surface area contributed by atoms with E-state index in [-0.39, 0.29) is 11.8 Å². The van der Waals surface area contributed by atoms with Crippen molar-refractivity contribution < 1.29 is 4.74 Å². The smallest absolute Gasteiger partial charge is 0.108 e. The Kier molecular flexibility index (Phi) is 4.83. The molecule has 0 aromatic heterocycles. The van der Waals surface area contributed by atoms with Crippen LogP contribution in [0.3, 0.4) is 0 Å². The third-order valence-corrected chi connectivity index (χ3v) is 5.90. The number of piperidine rings is 2. The second-order valence-corrected chi connectivity index (χ2v) is 7.74. The van der Waals surface area contributed by atoms with E-state index in [1.54, 1.807) is 0 Å². The summed E-state index contributed by atoms with van der Waals surface area (Å²) in [5.41, 5.74) is 0.576. The van der Waals surface area contributed by atoms with Crippen molar-refractivity contribution in [1.82, 2.24) is 10.2 Å². The first-order chi connectivity index (χ1) is 9.36. The summed E-state index contributed by atoms with van der Waals surface area (Å²) in [7, 11) is 1.85. The summed E-state index contributed by atoms with van der Waals surface area (Å²) < 4.78 is 5.69. The maximum atomic E-state index is 5.69. The van der Waals surface area contributed by atoms with Crippen LogP contribution in [0, 0.1) is 11.8 Å². The van der Waals surface area contributed by atoms with E-state index < -0.39 is 0 Å². The first-order valence-electron chi connectivity index (χ1n) is 8.42. The van der Waals surface area contributed by atoms with Gasteiger partial charge in [-0.05, 0) is 64.8 Å². The third kappa shape index (κ3) is 2.90. The number of rotatable bonds is 3. The van der Waals surface area contributed by atoms with Crippen LogP contribution in [0.4, 0.5) is 0 Å². The highest BCUT2D eigenvalue weighted by atomic mass is 16.5. The standard InChI is InChI=1S/C17H34N2O/c1-7-17(8-2)14-9-10-19(16(3,4)5)12-13(14)11-15(18-17)20-6/h13-15,18H,7-12H2,1-6H3. The number of nitrogens with one attached hydrogen (secondary N) is 1. The van der Waals surface area contributed by atoms with Crippen LogP contribution >= 0.6 is 0 Å². The van der Waals surface area contributed by atoms with Crippen molar-refractivity contribution in [2.75, 3.05) is 20.2 Å². The Hall–Kier alpha value is -0.120. The molecule has 2 aliphatic heterocycles. The molecule has 2 rings (SSSR count). The SMILES string of the molecule is CCC1(CC)NC(OC)CC2CN(C(C)(C)C)CCC21. The zero-order chi connectivity index (χ0) is 15.0. The van der Waals surface area contributed by atoms with Crippen LogP contribution in [0.5, 0.6) is 0 Å². The summed E-state index contributed by atoms with van der Waals surface area (Å²) in [6.07, 6.45) is 5.14. The van der Waals surface area contributed by atoms with Crippen molar-refractivity contribution in [3.8, 4) is 0 Å². The van der Waals surface area contributed by atoms with Gasteiger partial charge < -0.3 is 4.74 Å². The molecule has 0 aliphatic carbocycles. The Morgan fingerprint density at radius 3 is 2.40 bits per heavy atom. The highest BCUT2D eigenvalue weighted by Gasteiger charge is 2.49. The molecule has 2 fully saturated rings. The molecule has 1 N–H and O–H groups in total. The molecule has 0 spiro atoms. The highest BCUT2D eigenvalue weighted by Crippen LogP contribution is 2.44. The van der Waals surface area contributed by atoms with Crippen LogP contribution in [0.25, 0.3) is 0 Å². The Balaban J connectivity index is 2.19. The molecule has 3 atom stereocenters. The Bertz CT molecular complexity index is 319. The van der Waals surface area contributed by atoms with Crippen LogP contribution in [-0.2, 0) is 4.74 Å². The summed E-state index contributed by atoms with van der Waals surface area (Å²) in [4.78, 5) is 2.67. The molecule has 0 saturated carbocycles. The minimum absolute atomic E-state index is 0.232. The lowest BCUT2D eigenvalue weighted by molar-refractivity contribution is -0.0887. The number of nitrogens with zero attached hydrogens (tertiary/aromatic N) is 1. The molecule has 0 aromatic rings. The summed E-state index contributed by atoms with van der Waals surface area (Å²) in [5, 5.41) is 3.83. The third-order valence-electron chi connectivity index (χ3n) is 5.90. The Morgan fingerprint density at radius 1 is 1.25 bits per heavy atom. The molecule has 20 heavy (non-hydrogen) atoms. The predicted octanol–water partition coefficient (Wildman–Crippen LogP) is 3.25. The molecular formula is C17H34N2O. The first kappa shape index (κ1) is 16.3. The van der Waals surface area contributed by atoms with Gasteiger partial charge in [0.1, 0.15) is 6.23 Å². The maximum Gasteiger partial charge on any atom is 0.108 e. The average molecular weight is 282 g/mol. The number of hydrogen-bond acceptors (Lipinski definition) is 3. The van der Waals surface area contributed by atoms with Gasteiger partial charge in [0.05, 0.1) is 0 Å². The van der Waals surface area contributed by atoms with E-state index >= 15 is 0 Å². The molecule has 3 nitrogen and oxygen atoms in total. The largest absolute Gasteiger partial charge is 0.367 e.